The van der Waals surface area contributed by atoms with Gasteiger partial charge in [-0.15, -0.1) is 0 Å². The Labute approximate surface area is 138 Å². The zero-order valence-corrected chi connectivity index (χ0v) is 14.9. The standard InChI is InChI=1S/C22H38/c1-2-17-18-12-6-8-14-20(18)22(16-10-4-3-5-11-16)21-15-9-7-13-19(17)21/h16-22H,2-15H2,1H3. The lowest BCUT2D eigenvalue weighted by molar-refractivity contribution is -0.0900. The quantitative estimate of drug-likeness (QED) is 0.524. The molecule has 0 heterocycles. The Morgan fingerprint density at radius 3 is 1.50 bits per heavy atom. The molecule has 0 aliphatic heterocycles. The van der Waals surface area contributed by atoms with Gasteiger partial charge in [0.2, 0.25) is 0 Å². The van der Waals surface area contributed by atoms with Gasteiger partial charge in [0, 0.05) is 0 Å². The maximum atomic E-state index is 2.52. The smallest absolute Gasteiger partial charge is 0.0324 e. The van der Waals surface area contributed by atoms with Gasteiger partial charge in [-0.3, -0.25) is 0 Å². The molecule has 4 unspecified atom stereocenters. The molecule has 0 aromatic heterocycles. The minimum absolute atomic E-state index is 1.11. The highest BCUT2D eigenvalue weighted by Crippen LogP contribution is 2.59. The number of hydrogen-bond acceptors (Lipinski definition) is 0. The lowest BCUT2D eigenvalue weighted by Gasteiger charge is -2.58. The first-order valence-corrected chi connectivity index (χ1v) is 10.9. The Balaban J connectivity index is 1.63. The molecule has 126 valence electrons. The van der Waals surface area contributed by atoms with Gasteiger partial charge < -0.3 is 0 Å². The maximum Gasteiger partial charge on any atom is -0.0324 e. The van der Waals surface area contributed by atoms with E-state index in [9.17, 15) is 0 Å². The maximum absolute atomic E-state index is 2.52. The molecule has 22 heavy (non-hydrogen) atoms. The predicted octanol–water partition coefficient (Wildman–Crippen LogP) is 6.84. The SMILES string of the molecule is CCC1C2CCCCC2C(C2CCCCC2)C2CCCCC12. The molecule has 0 radical (unpaired) electrons. The summed E-state index contributed by atoms with van der Waals surface area (Å²) in [5.41, 5.74) is 0. The summed E-state index contributed by atoms with van der Waals surface area (Å²) in [7, 11) is 0. The summed E-state index contributed by atoms with van der Waals surface area (Å²) < 4.78 is 0. The summed E-state index contributed by atoms with van der Waals surface area (Å²) in [5, 5.41) is 0. The number of rotatable bonds is 2. The molecule has 0 amide bonds. The Kier molecular flexibility index (Phi) is 4.84. The van der Waals surface area contributed by atoms with Crippen molar-refractivity contribution >= 4 is 0 Å². The van der Waals surface area contributed by atoms with Gasteiger partial charge in [0.25, 0.3) is 0 Å². The Morgan fingerprint density at radius 2 is 1.00 bits per heavy atom. The van der Waals surface area contributed by atoms with Crippen LogP contribution in [0, 0.1) is 41.4 Å². The lowest BCUT2D eigenvalue weighted by Crippen LogP contribution is -2.51. The van der Waals surface area contributed by atoms with Crippen LogP contribution in [0.5, 0.6) is 0 Å². The molecular weight excluding hydrogens is 264 g/mol. The van der Waals surface area contributed by atoms with Crippen molar-refractivity contribution in [1.82, 2.24) is 0 Å². The van der Waals surface area contributed by atoms with Gasteiger partial charge in [-0.25, -0.2) is 0 Å². The first-order chi connectivity index (χ1) is 10.9. The van der Waals surface area contributed by atoms with Gasteiger partial charge in [-0.05, 0) is 67.1 Å². The van der Waals surface area contributed by atoms with Crippen molar-refractivity contribution in [2.45, 2.75) is 96.8 Å². The van der Waals surface area contributed by atoms with E-state index in [1.54, 1.807) is 77.0 Å². The second-order valence-electron chi connectivity index (χ2n) is 9.27. The molecule has 0 aromatic rings. The van der Waals surface area contributed by atoms with Crippen molar-refractivity contribution < 1.29 is 0 Å². The average Bonchev–Trinajstić information content (AvgIpc) is 2.60. The van der Waals surface area contributed by atoms with Gasteiger partial charge in [0.15, 0.2) is 0 Å². The zero-order valence-electron chi connectivity index (χ0n) is 14.9. The van der Waals surface area contributed by atoms with Gasteiger partial charge in [-0.2, -0.15) is 0 Å². The van der Waals surface area contributed by atoms with Crippen molar-refractivity contribution in [1.29, 1.82) is 0 Å². The van der Waals surface area contributed by atoms with E-state index in [0.29, 0.717) is 0 Å². The minimum Gasteiger partial charge on any atom is -0.0651 e. The fraction of sp³-hybridized carbons (Fsp3) is 1.00. The highest BCUT2D eigenvalue weighted by atomic mass is 14.6. The highest BCUT2D eigenvalue weighted by molar-refractivity contribution is 5.01. The van der Waals surface area contributed by atoms with Gasteiger partial charge in [0.1, 0.15) is 0 Å². The summed E-state index contributed by atoms with van der Waals surface area (Å²) in [5.74, 6) is 7.93. The molecule has 4 atom stereocenters. The molecule has 4 rings (SSSR count). The fourth-order valence-electron chi connectivity index (χ4n) is 7.85. The molecule has 0 heteroatoms. The predicted molar refractivity (Wildman–Crippen MR) is 94.7 cm³/mol. The van der Waals surface area contributed by atoms with Crippen LogP contribution in [0.25, 0.3) is 0 Å². The van der Waals surface area contributed by atoms with Crippen LogP contribution >= 0.6 is 0 Å². The van der Waals surface area contributed by atoms with Crippen molar-refractivity contribution in [3.63, 3.8) is 0 Å². The lowest BCUT2D eigenvalue weighted by atomic mass is 9.47. The Morgan fingerprint density at radius 1 is 0.545 bits per heavy atom. The van der Waals surface area contributed by atoms with E-state index >= 15 is 0 Å². The third-order valence-electron chi connectivity index (χ3n) is 8.50. The van der Waals surface area contributed by atoms with E-state index in [-0.39, 0.29) is 0 Å². The van der Waals surface area contributed by atoms with E-state index in [1.165, 1.54) is 12.8 Å². The number of fused-ring (bicyclic) bond motifs is 2. The topological polar surface area (TPSA) is 0 Å². The molecular formula is C22H38. The fourth-order valence-corrected chi connectivity index (χ4v) is 7.85. The third kappa shape index (κ3) is 2.67. The van der Waals surface area contributed by atoms with Crippen LogP contribution in [0.2, 0.25) is 0 Å². The van der Waals surface area contributed by atoms with Crippen molar-refractivity contribution in [2.75, 3.05) is 0 Å². The molecule has 4 aliphatic rings. The molecule has 0 nitrogen and oxygen atoms in total. The summed E-state index contributed by atoms with van der Waals surface area (Å²) in [6.07, 6.45) is 21.9. The average molecular weight is 303 g/mol. The molecule has 0 aromatic carbocycles. The molecule has 4 saturated carbocycles. The molecule has 0 N–H and O–H groups in total. The second kappa shape index (κ2) is 6.86. The van der Waals surface area contributed by atoms with E-state index in [1.807, 2.05) is 0 Å². The highest BCUT2D eigenvalue weighted by Gasteiger charge is 2.52. The summed E-state index contributed by atoms with van der Waals surface area (Å²) in [6, 6.07) is 0. The van der Waals surface area contributed by atoms with E-state index in [4.69, 9.17) is 0 Å². The summed E-state index contributed by atoms with van der Waals surface area (Å²) in [4.78, 5) is 0. The molecule has 4 aliphatic carbocycles. The zero-order chi connectivity index (χ0) is 14.9. The number of hydrogen-bond donors (Lipinski definition) is 0. The monoisotopic (exact) mass is 302 g/mol. The first kappa shape index (κ1) is 15.5. The van der Waals surface area contributed by atoms with Crippen molar-refractivity contribution in [2.24, 2.45) is 41.4 Å². The van der Waals surface area contributed by atoms with Crippen LogP contribution in [0.1, 0.15) is 96.8 Å². The van der Waals surface area contributed by atoms with Crippen molar-refractivity contribution in [3.8, 4) is 0 Å². The Hall–Kier alpha value is 0. The molecule has 4 fully saturated rings. The van der Waals surface area contributed by atoms with Crippen LogP contribution in [0.3, 0.4) is 0 Å². The largest absolute Gasteiger partial charge is 0.0651 e. The van der Waals surface area contributed by atoms with Gasteiger partial charge in [-0.1, -0.05) is 71.1 Å². The first-order valence-electron chi connectivity index (χ1n) is 10.9. The van der Waals surface area contributed by atoms with Gasteiger partial charge in [0.05, 0.1) is 0 Å². The summed E-state index contributed by atoms with van der Waals surface area (Å²) in [6.45, 7) is 2.52. The molecule has 0 spiro atoms. The van der Waals surface area contributed by atoms with Crippen LogP contribution < -0.4 is 0 Å². The minimum atomic E-state index is 1.11. The van der Waals surface area contributed by atoms with Crippen LogP contribution in [-0.2, 0) is 0 Å². The summed E-state index contributed by atoms with van der Waals surface area (Å²) >= 11 is 0. The van der Waals surface area contributed by atoms with Crippen molar-refractivity contribution in [3.05, 3.63) is 0 Å². The van der Waals surface area contributed by atoms with E-state index in [0.717, 1.165) is 41.4 Å². The van der Waals surface area contributed by atoms with Crippen LogP contribution in [0.4, 0.5) is 0 Å². The third-order valence-corrected chi connectivity index (χ3v) is 8.50. The van der Waals surface area contributed by atoms with Crippen LogP contribution in [0.15, 0.2) is 0 Å². The van der Waals surface area contributed by atoms with Crippen LogP contribution in [-0.4, -0.2) is 0 Å². The Bertz CT molecular complexity index is 329. The van der Waals surface area contributed by atoms with Gasteiger partial charge >= 0.3 is 0 Å². The normalized spacial score (nSPS) is 46.8. The second-order valence-corrected chi connectivity index (χ2v) is 9.27. The molecule has 0 saturated heterocycles. The van der Waals surface area contributed by atoms with E-state index < -0.39 is 0 Å². The van der Waals surface area contributed by atoms with E-state index in [2.05, 4.69) is 6.92 Å². The molecule has 0 bridgehead atoms.